The molecular formula is C21H19FO7. The Labute approximate surface area is 165 Å². The van der Waals surface area contributed by atoms with Crippen molar-refractivity contribution >= 4 is 17.7 Å². The van der Waals surface area contributed by atoms with Crippen LogP contribution in [-0.4, -0.2) is 38.6 Å². The molecule has 152 valence electrons. The molecular weight excluding hydrogens is 383 g/mol. The highest BCUT2D eigenvalue weighted by Gasteiger charge is 2.55. The van der Waals surface area contributed by atoms with Crippen molar-refractivity contribution in [2.45, 2.75) is 25.4 Å². The fourth-order valence-corrected chi connectivity index (χ4v) is 3.51. The van der Waals surface area contributed by atoms with E-state index in [0.29, 0.717) is 11.1 Å². The maximum absolute atomic E-state index is 13.1. The summed E-state index contributed by atoms with van der Waals surface area (Å²) in [5.41, 5.74) is -3.11. The van der Waals surface area contributed by atoms with Gasteiger partial charge < -0.3 is 19.7 Å². The smallest absolute Gasteiger partial charge is 0.336 e. The fourth-order valence-electron chi connectivity index (χ4n) is 3.51. The van der Waals surface area contributed by atoms with E-state index in [-0.39, 0.29) is 12.2 Å². The molecule has 29 heavy (non-hydrogen) atoms. The zero-order chi connectivity index (χ0) is 21.4. The first-order valence-corrected chi connectivity index (χ1v) is 8.80. The Balaban J connectivity index is 1.95. The predicted octanol–water partition coefficient (Wildman–Crippen LogP) is 2.67. The molecule has 8 heteroatoms. The molecule has 0 fully saturated rings. The number of carbonyl (C=O) groups excluding carboxylic acids is 1. The van der Waals surface area contributed by atoms with Gasteiger partial charge in [0, 0.05) is 18.4 Å². The van der Waals surface area contributed by atoms with Crippen molar-refractivity contribution in [3.8, 4) is 0 Å². The number of ketones is 1. The van der Waals surface area contributed by atoms with E-state index in [9.17, 15) is 34.1 Å². The second-order valence-corrected chi connectivity index (χ2v) is 7.41. The third-order valence-corrected chi connectivity index (χ3v) is 5.23. The molecule has 3 N–H and O–H groups in total. The van der Waals surface area contributed by atoms with Gasteiger partial charge in [-0.1, -0.05) is 24.3 Å². The van der Waals surface area contributed by atoms with Crippen LogP contribution in [0.25, 0.3) is 0 Å². The van der Waals surface area contributed by atoms with Gasteiger partial charge in [-0.3, -0.25) is 9.59 Å². The molecule has 1 aliphatic carbocycles. The number of aliphatic carboxylic acids is 2. The van der Waals surface area contributed by atoms with Crippen molar-refractivity contribution < 1.29 is 38.5 Å². The number of rotatable bonds is 6. The summed E-state index contributed by atoms with van der Waals surface area (Å²) in [6.07, 6.45) is 3.15. The first-order chi connectivity index (χ1) is 13.6. The number of carboxylic acid groups (broad SMARTS) is 2. The minimum Gasteiger partial charge on any atom is -0.481 e. The van der Waals surface area contributed by atoms with Crippen molar-refractivity contribution in [2.75, 3.05) is 0 Å². The van der Waals surface area contributed by atoms with E-state index in [1.807, 2.05) is 0 Å². The highest BCUT2D eigenvalue weighted by molar-refractivity contribution is 6.02. The molecule has 3 rings (SSSR count). The van der Waals surface area contributed by atoms with E-state index >= 15 is 0 Å². The van der Waals surface area contributed by atoms with Crippen LogP contribution in [0.15, 0.2) is 53.2 Å². The lowest BCUT2D eigenvalue weighted by atomic mass is 9.66. The van der Waals surface area contributed by atoms with Gasteiger partial charge in [-0.05, 0) is 30.7 Å². The molecule has 2 aromatic rings. The number of carbonyl (C=O) groups is 3. The Morgan fingerprint density at radius 1 is 1.14 bits per heavy atom. The van der Waals surface area contributed by atoms with Gasteiger partial charge in [-0.2, -0.15) is 0 Å². The normalized spacial score (nSPS) is 26.2. The number of halogens is 1. The quantitative estimate of drug-likeness (QED) is 0.501. The summed E-state index contributed by atoms with van der Waals surface area (Å²) in [6.45, 7) is 1.27. The predicted molar refractivity (Wildman–Crippen MR) is 97.8 cm³/mol. The van der Waals surface area contributed by atoms with E-state index in [4.69, 9.17) is 4.42 Å². The number of furan rings is 1. The highest BCUT2D eigenvalue weighted by atomic mass is 19.1. The number of aliphatic hydroxyl groups is 1. The van der Waals surface area contributed by atoms with Crippen LogP contribution in [0, 0.1) is 17.2 Å². The van der Waals surface area contributed by atoms with Gasteiger partial charge in [0.05, 0.1) is 17.6 Å². The summed E-state index contributed by atoms with van der Waals surface area (Å²) in [6, 6.07) is 7.17. The van der Waals surface area contributed by atoms with Gasteiger partial charge in [0.1, 0.15) is 5.82 Å². The van der Waals surface area contributed by atoms with Crippen molar-refractivity contribution in [3.63, 3.8) is 0 Å². The van der Waals surface area contributed by atoms with Gasteiger partial charge in [0.15, 0.2) is 11.4 Å². The average Bonchev–Trinajstić information content (AvgIpc) is 3.11. The lowest BCUT2D eigenvalue weighted by molar-refractivity contribution is -0.169. The average molecular weight is 402 g/mol. The molecule has 0 saturated heterocycles. The zero-order valence-electron chi connectivity index (χ0n) is 15.5. The first-order valence-electron chi connectivity index (χ1n) is 8.80. The van der Waals surface area contributed by atoms with Crippen LogP contribution in [0.1, 0.15) is 35.0 Å². The largest absolute Gasteiger partial charge is 0.481 e. The number of hydrogen-bond acceptors (Lipinski definition) is 5. The summed E-state index contributed by atoms with van der Waals surface area (Å²) < 4.78 is 18.4. The molecule has 1 aromatic carbocycles. The van der Waals surface area contributed by atoms with Crippen molar-refractivity contribution in [3.05, 3.63) is 71.5 Å². The van der Waals surface area contributed by atoms with Crippen LogP contribution in [0.4, 0.5) is 4.39 Å². The van der Waals surface area contributed by atoms with Crippen molar-refractivity contribution in [1.82, 2.24) is 0 Å². The third-order valence-electron chi connectivity index (χ3n) is 5.23. The number of Topliss-reactive ketones (excluding diaryl/α,β-unsaturated/α-hetero) is 1. The Kier molecular flexibility index (Phi) is 5.15. The molecule has 1 aromatic heterocycles. The van der Waals surface area contributed by atoms with Gasteiger partial charge in [0.2, 0.25) is 5.78 Å². The lowest BCUT2D eigenvalue weighted by Crippen LogP contribution is -2.54. The van der Waals surface area contributed by atoms with Crippen LogP contribution in [-0.2, 0) is 16.0 Å². The minimum absolute atomic E-state index is 0.137. The summed E-state index contributed by atoms with van der Waals surface area (Å²) in [5.74, 6) is -5.85. The van der Waals surface area contributed by atoms with Crippen LogP contribution >= 0.6 is 0 Å². The van der Waals surface area contributed by atoms with Crippen LogP contribution in [0.3, 0.4) is 0 Å². The molecule has 0 saturated carbocycles. The monoisotopic (exact) mass is 402 g/mol. The third kappa shape index (κ3) is 3.71. The molecule has 7 nitrogen and oxygen atoms in total. The molecule has 0 bridgehead atoms. The summed E-state index contributed by atoms with van der Waals surface area (Å²) in [4.78, 5) is 36.3. The Hall–Kier alpha value is -3.26. The topological polar surface area (TPSA) is 125 Å². The van der Waals surface area contributed by atoms with Crippen molar-refractivity contribution in [1.29, 1.82) is 0 Å². The second-order valence-electron chi connectivity index (χ2n) is 7.41. The van der Waals surface area contributed by atoms with E-state index in [1.165, 1.54) is 37.5 Å². The summed E-state index contributed by atoms with van der Waals surface area (Å²) in [7, 11) is 0. The summed E-state index contributed by atoms with van der Waals surface area (Å²) in [5, 5.41) is 29.7. The zero-order valence-corrected chi connectivity index (χ0v) is 15.5. The number of hydrogen-bond donors (Lipinski definition) is 3. The lowest BCUT2D eigenvalue weighted by Gasteiger charge is -2.38. The molecule has 0 aliphatic heterocycles. The molecule has 0 amide bonds. The van der Waals surface area contributed by atoms with E-state index in [2.05, 4.69) is 0 Å². The molecule has 3 unspecified atom stereocenters. The van der Waals surface area contributed by atoms with Gasteiger partial charge in [0.25, 0.3) is 0 Å². The van der Waals surface area contributed by atoms with Crippen LogP contribution in [0.5, 0.6) is 0 Å². The number of benzene rings is 1. The Bertz CT molecular complexity index is 991. The molecule has 1 aliphatic rings. The maximum Gasteiger partial charge on any atom is 0.336 e. The second kappa shape index (κ2) is 7.29. The molecule has 3 atom stereocenters. The van der Waals surface area contributed by atoms with E-state index in [0.717, 1.165) is 6.08 Å². The highest BCUT2D eigenvalue weighted by Crippen LogP contribution is 2.42. The van der Waals surface area contributed by atoms with Crippen molar-refractivity contribution in [2.24, 2.45) is 11.3 Å². The number of carboxylic acids is 2. The van der Waals surface area contributed by atoms with E-state index in [1.54, 1.807) is 12.1 Å². The summed E-state index contributed by atoms with van der Waals surface area (Å²) >= 11 is 0. The Morgan fingerprint density at radius 3 is 2.38 bits per heavy atom. The Morgan fingerprint density at radius 2 is 1.79 bits per heavy atom. The van der Waals surface area contributed by atoms with Gasteiger partial charge in [-0.15, -0.1) is 0 Å². The SMILES string of the molecule is CC1(C(=O)O)C=CC(C(=O)c2occc2Cc2ccc(F)cc2)C(O)(C(=O)O)C1. The molecule has 0 spiro atoms. The van der Waals surface area contributed by atoms with Crippen LogP contribution in [0.2, 0.25) is 0 Å². The van der Waals surface area contributed by atoms with Crippen LogP contribution < -0.4 is 0 Å². The van der Waals surface area contributed by atoms with Gasteiger partial charge in [-0.25, -0.2) is 9.18 Å². The minimum atomic E-state index is -2.61. The standard InChI is InChI=1S/C21H19FO7/c1-20(18(24)25)8-6-15(21(28,11-20)19(26)27)16(23)17-13(7-9-29-17)10-12-2-4-14(22)5-3-12/h2-9,15,28H,10-11H2,1H3,(H,24,25)(H,26,27). The van der Waals surface area contributed by atoms with E-state index < -0.39 is 46.9 Å². The molecule has 0 radical (unpaired) electrons. The fraction of sp³-hybridized carbons (Fsp3) is 0.286. The van der Waals surface area contributed by atoms with Gasteiger partial charge >= 0.3 is 11.9 Å². The maximum atomic E-state index is 13.1. The molecule has 1 heterocycles. The first kappa shape index (κ1) is 20.5.